The first-order valence-electron chi connectivity index (χ1n) is 5.35. The molecule has 18 heavy (non-hydrogen) atoms. The van der Waals surface area contributed by atoms with Crippen molar-refractivity contribution in [2.24, 2.45) is 0 Å². The summed E-state index contributed by atoms with van der Waals surface area (Å²) in [6.07, 6.45) is 4.90. The van der Waals surface area contributed by atoms with Gasteiger partial charge in [0, 0.05) is 17.4 Å². The second-order valence-electron chi connectivity index (χ2n) is 3.92. The fraction of sp³-hybridized carbons (Fsp3) is 0.0833. The summed E-state index contributed by atoms with van der Waals surface area (Å²) in [6, 6.07) is 5.45. The Balaban J connectivity index is 2.35. The van der Waals surface area contributed by atoms with Gasteiger partial charge < -0.3 is 0 Å². The molecule has 0 aliphatic rings. The number of hydrogen-bond acceptors (Lipinski definition) is 3. The average molecular weight is 261 g/mol. The van der Waals surface area contributed by atoms with Gasteiger partial charge in [-0.2, -0.15) is 0 Å². The molecule has 0 atom stereocenters. The van der Waals surface area contributed by atoms with Crippen molar-refractivity contribution >= 4 is 17.2 Å². The molecular formula is C12H9ClN4O. The summed E-state index contributed by atoms with van der Waals surface area (Å²) < 4.78 is 3.10. The standard InChI is InChI=1S/C12H9ClN4O/c1-8-9(13)3-2-4-10(8)17-6-5-16-7-14-15-11(16)12(17)18/h2-7H,1H3. The molecule has 0 radical (unpaired) electrons. The lowest BCUT2D eigenvalue weighted by Crippen LogP contribution is -2.20. The molecule has 0 saturated carbocycles. The van der Waals surface area contributed by atoms with E-state index in [0.29, 0.717) is 5.02 Å². The molecule has 3 aromatic rings. The van der Waals surface area contributed by atoms with Crippen molar-refractivity contribution in [1.29, 1.82) is 0 Å². The van der Waals surface area contributed by atoms with Gasteiger partial charge >= 0.3 is 5.56 Å². The van der Waals surface area contributed by atoms with Gasteiger partial charge in [-0.1, -0.05) is 17.7 Å². The topological polar surface area (TPSA) is 52.2 Å². The van der Waals surface area contributed by atoms with Gasteiger partial charge in [-0.3, -0.25) is 13.8 Å². The monoisotopic (exact) mass is 260 g/mol. The summed E-state index contributed by atoms with van der Waals surface area (Å²) in [4.78, 5) is 12.3. The highest BCUT2D eigenvalue weighted by atomic mass is 35.5. The van der Waals surface area contributed by atoms with E-state index in [1.165, 1.54) is 10.9 Å². The van der Waals surface area contributed by atoms with E-state index in [1.807, 2.05) is 19.1 Å². The Morgan fingerprint density at radius 2 is 2.11 bits per heavy atom. The lowest BCUT2D eigenvalue weighted by molar-refractivity contribution is 0.941. The van der Waals surface area contributed by atoms with Crippen LogP contribution >= 0.6 is 11.6 Å². The predicted octanol–water partition coefficient (Wildman–Crippen LogP) is 1.84. The molecule has 6 heteroatoms. The van der Waals surface area contributed by atoms with Crippen LogP contribution in [-0.4, -0.2) is 19.2 Å². The van der Waals surface area contributed by atoms with Crippen LogP contribution in [0.15, 0.2) is 41.7 Å². The third-order valence-corrected chi connectivity index (χ3v) is 3.27. The molecule has 90 valence electrons. The molecule has 2 heterocycles. The van der Waals surface area contributed by atoms with Crippen LogP contribution in [0.1, 0.15) is 5.56 Å². The van der Waals surface area contributed by atoms with Crippen LogP contribution < -0.4 is 5.56 Å². The number of aromatic nitrogens is 4. The molecule has 5 nitrogen and oxygen atoms in total. The molecule has 0 spiro atoms. The maximum atomic E-state index is 12.3. The Bertz CT molecular complexity index is 790. The molecular weight excluding hydrogens is 252 g/mol. The third kappa shape index (κ3) is 1.52. The van der Waals surface area contributed by atoms with E-state index in [4.69, 9.17) is 11.6 Å². The Morgan fingerprint density at radius 3 is 2.94 bits per heavy atom. The summed E-state index contributed by atoms with van der Waals surface area (Å²) >= 11 is 6.06. The molecule has 1 aromatic carbocycles. The van der Waals surface area contributed by atoms with E-state index in [2.05, 4.69) is 10.2 Å². The molecule has 0 unspecified atom stereocenters. The summed E-state index contributed by atoms with van der Waals surface area (Å²) in [6.45, 7) is 1.87. The highest BCUT2D eigenvalue weighted by Crippen LogP contribution is 2.20. The van der Waals surface area contributed by atoms with Crippen LogP contribution in [-0.2, 0) is 0 Å². The van der Waals surface area contributed by atoms with Crippen molar-refractivity contribution in [3.8, 4) is 5.69 Å². The summed E-state index contributed by atoms with van der Waals surface area (Å²) in [5, 5.41) is 8.14. The summed E-state index contributed by atoms with van der Waals surface area (Å²) in [5.74, 6) is 0. The van der Waals surface area contributed by atoms with E-state index in [9.17, 15) is 4.79 Å². The summed E-state index contributed by atoms with van der Waals surface area (Å²) in [7, 11) is 0. The first kappa shape index (κ1) is 11.0. The first-order chi connectivity index (χ1) is 8.68. The zero-order chi connectivity index (χ0) is 12.7. The van der Waals surface area contributed by atoms with Gasteiger partial charge in [-0.25, -0.2) is 0 Å². The SMILES string of the molecule is Cc1c(Cl)cccc1-n1ccn2cnnc2c1=O. The minimum atomic E-state index is -0.222. The minimum absolute atomic E-state index is 0.222. The number of rotatable bonds is 1. The number of fused-ring (bicyclic) bond motifs is 1. The van der Waals surface area contributed by atoms with Crippen LogP contribution in [0, 0.1) is 6.92 Å². The van der Waals surface area contributed by atoms with Crippen molar-refractivity contribution < 1.29 is 0 Å². The van der Waals surface area contributed by atoms with Crippen molar-refractivity contribution in [3.05, 3.63) is 57.9 Å². The fourth-order valence-electron chi connectivity index (χ4n) is 1.87. The van der Waals surface area contributed by atoms with Gasteiger partial charge in [0.05, 0.1) is 5.69 Å². The van der Waals surface area contributed by atoms with Gasteiger partial charge in [-0.05, 0) is 24.6 Å². The highest BCUT2D eigenvalue weighted by Gasteiger charge is 2.09. The van der Waals surface area contributed by atoms with E-state index < -0.39 is 0 Å². The van der Waals surface area contributed by atoms with Gasteiger partial charge in [0.2, 0.25) is 5.65 Å². The van der Waals surface area contributed by atoms with Crippen LogP contribution in [0.2, 0.25) is 5.02 Å². The zero-order valence-corrected chi connectivity index (χ0v) is 10.3. The van der Waals surface area contributed by atoms with Gasteiger partial charge in [0.25, 0.3) is 0 Å². The second kappa shape index (κ2) is 3.96. The lowest BCUT2D eigenvalue weighted by atomic mass is 10.2. The van der Waals surface area contributed by atoms with Crippen LogP contribution in [0.3, 0.4) is 0 Å². The highest BCUT2D eigenvalue weighted by molar-refractivity contribution is 6.31. The van der Waals surface area contributed by atoms with Gasteiger partial charge in [0.15, 0.2) is 0 Å². The number of hydrogen-bond donors (Lipinski definition) is 0. The first-order valence-corrected chi connectivity index (χ1v) is 5.73. The van der Waals surface area contributed by atoms with Crippen molar-refractivity contribution in [2.75, 3.05) is 0 Å². The number of halogens is 1. The predicted molar refractivity (Wildman–Crippen MR) is 68.3 cm³/mol. The van der Waals surface area contributed by atoms with Crippen LogP contribution in [0.5, 0.6) is 0 Å². The maximum Gasteiger partial charge on any atom is 0.300 e. The number of nitrogens with zero attached hydrogens (tertiary/aromatic N) is 4. The Hall–Kier alpha value is -2.14. The molecule has 0 aliphatic carbocycles. The molecule has 0 amide bonds. The van der Waals surface area contributed by atoms with E-state index in [1.54, 1.807) is 22.9 Å². The van der Waals surface area contributed by atoms with Crippen molar-refractivity contribution in [3.63, 3.8) is 0 Å². The Labute approximate surface area is 107 Å². The smallest absolute Gasteiger partial charge is 0.283 e. The molecule has 2 aromatic heterocycles. The lowest BCUT2D eigenvalue weighted by Gasteiger charge is -2.09. The maximum absolute atomic E-state index is 12.3. The average Bonchev–Trinajstić information content (AvgIpc) is 2.83. The molecule has 0 bridgehead atoms. The molecule has 0 fully saturated rings. The quantitative estimate of drug-likeness (QED) is 0.671. The fourth-order valence-corrected chi connectivity index (χ4v) is 2.04. The Kier molecular flexibility index (Phi) is 2.41. The van der Waals surface area contributed by atoms with Gasteiger partial charge in [-0.15, -0.1) is 10.2 Å². The van der Waals surface area contributed by atoms with E-state index >= 15 is 0 Å². The van der Waals surface area contributed by atoms with Crippen molar-refractivity contribution in [2.45, 2.75) is 6.92 Å². The molecule has 0 N–H and O–H groups in total. The molecule has 0 saturated heterocycles. The zero-order valence-electron chi connectivity index (χ0n) is 9.54. The molecule has 0 aliphatic heterocycles. The van der Waals surface area contributed by atoms with Gasteiger partial charge in [0.1, 0.15) is 6.33 Å². The van der Waals surface area contributed by atoms with E-state index in [0.717, 1.165) is 11.3 Å². The normalized spacial score (nSPS) is 11.0. The van der Waals surface area contributed by atoms with Crippen molar-refractivity contribution in [1.82, 2.24) is 19.2 Å². The third-order valence-electron chi connectivity index (χ3n) is 2.86. The summed E-state index contributed by atoms with van der Waals surface area (Å²) in [5.41, 5.74) is 1.67. The second-order valence-corrected chi connectivity index (χ2v) is 4.33. The van der Waals surface area contributed by atoms with E-state index in [-0.39, 0.29) is 11.2 Å². The Morgan fingerprint density at radius 1 is 1.28 bits per heavy atom. The molecule has 3 rings (SSSR count). The van der Waals surface area contributed by atoms with Crippen LogP contribution in [0.25, 0.3) is 11.3 Å². The van der Waals surface area contributed by atoms with Crippen LogP contribution in [0.4, 0.5) is 0 Å². The minimum Gasteiger partial charge on any atom is -0.283 e. The largest absolute Gasteiger partial charge is 0.300 e. The number of benzene rings is 1.